The number of nitrogens with one attached hydrogen (secondary N) is 1. The van der Waals surface area contributed by atoms with Gasteiger partial charge in [0.25, 0.3) is 0 Å². The molecule has 1 unspecified atom stereocenters. The van der Waals surface area contributed by atoms with Crippen LogP contribution in [-0.2, 0) is 0 Å². The van der Waals surface area contributed by atoms with Crippen molar-refractivity contribution in [1.82, 2.24) is 5.32 Å². The van der Waals surface area contributed by atoms with Gasteiger partial charge >= 0.3 is 0 Å². The molecule has 0 spiro atoms. The number of hydrogen-bond donors (Lipinski definition) is 1. The Kier molecular flexibility index (Phi) is 4.99. The van der Waals surface area contributed by atoms with Crippen LogP contribution in [0, 0.1) is 0 Å². The van der Waals surface area contributed by atoms with Gasteiger partial charge in [0.2, 0.25) is 0 Å². The van der Waals surface area contributed by atoms with Gasteiger partial charge < -0.3 is 19.7 Å². The summed E-state index contributed by atoms with van der Waals surface area (Å²) in [6.07, 6.45) is 2.28. The minimum Gasteiger partial charge on any atom is -0.493 e. The van der Waals surface area contributed by atoms with E-state index in [2.05, 4.69) is 43.1 Å². The van der Waals surface area contributed by atoms with E-state index in [0.717, 1.165) is 37.4 Å². The van der Waals surface area contributed by atoms with Crippen LogP contribution in [0.3, 0.4) is 0 Å². The Bertz CT molecular complexity index is 472. The molecule has 1 aliphatic rings. The summed E-state index contributed by atoms with van der Waals surface area (Å²) in [5.74, 6) is 1.57. The minimum absolute atomic E-state index is 0.208. The van der Waals surface area contributed by atoms with E-state index in [1.54, 1.807) is 14.2 Å². The van der Waals surface area contributed by atoms with Crippen LogP contribution in [0.25, 0.3) is 0 Å². The SMILES string of the molecule is CCC1(CC)CN(c2ccc(OC)c(OC)c2)C(C)CN1. The van der Waals surface area contributed by atoms with Gasteiger partial charge in [-0.25, -0.2) is 0 Å². The van der Waals surface area contributed by atoms with Gasteiger partial charge in [-0.2, -0.15) is 0 Å². The molecular weight excluding hydrogens is 264 g/mol. The number of hydrogen-bond acceptors (Lipinski definition) is 4. The van der Waals surface area contributed by atoms with Gasteiger partial charge in [0, 0.05) is 36.4 Å². The molecule has 1 saturated heterocycles. The molecule has 0 amide bonds. The molecule has 1 aromatic carbocycles. The van der Waals surface area contributed by atoms with Crippen LogP contribution >= 0.6 is 0 Å². The fourth-order valence-corrected chi connectivity index (χ4v) is 3.09. The molecule has 0 saturated carbocycles. The van der Waals surface area contributed by atoms with E-state index in [1.165, 1.54) is 5.69 Å². The smallest absolute Gasteiger partial charge is 0.162 e. The Morgan fingerprint density at radius 2 is 1.86 bits per heavy atom. The Morgan fingerprint density at radius 1 is 1.19 bits per heavy atom. The van der Waals surface area contributed by atoms with E-state index in [0.29, 0.717) is 6.04 Å². The van der Waals surface area contributed by atoms with Gasteiger partial charge in [0.15, 0.2) is 11.5 Å². The Balaban J connectivity index is 2.30. The largest absolute Gasteiger partial charge is 0.493 e. The zero-order valence-electron chi connectivity index (χ0n) is 13.9. The van der Waals surface area contributed by atoms with Crippen LogP contribution in [0.4, 0.5) is 5.69 Å². The first-order valence-electron chi connectivity index (χ1n) is 7.82. The van der Waals surface area contributed by atoms with E-state index in [-0.39, 0.29) is 5.54 Å². The first kappa shape index (κ1) is 16.0. The van der Waals surface area contributed by atoms with E-state index < -0.39 is 0 Å². The molecule has 21 heavy (non-hydrogen) atoms. The lowest BCUT2D eigenvalue weighted by atomic mass is 9.88. The highest BCUT2D eigenvalue weighted by molar-refractivity contribution is 5.57. The summed E-state index contributed by atoms with van der Waals surface area (Å²) < 4.78 is 10.8. The van der Waals surface area contributed by atoms with Gasteiger partial charge in [-0.05, 0) is 31.9 Å². The number of nitrogens with zero attached hydrogens (tertiary/aromatic N) is 1. The van der Waals surface area contributed by atoms with E-state index in [1.807, 2.05) is 6.07 Å². The Hall–Kier alpha value is -1.42. The maximum atomic E-state index is 5.44. The van der Waals surface area contributed by atoms with Crippen molar-refractivity contribution in [1.29, 1.82) is 0 Å². The standard InChI is InChI=1S/C17H28N2O2/c1-6-17(7-2)12-19(13(3)11-18-17)14-8-9-15(20-4)16(10-14)21-5/h8-10,13,18H,6-7,11-12H2,1-5H3. The van der Waals surface area contributed by atoms with Crippen molar-refractivity contribution in [3.8, 4) is 11.5 Å². The van der Waals surface area contributed by atoms with Crippen molar-refractivity contribution < 1.29 is 9.47 Å². The molecule has 4 heteroatoms. The molecule has 1 fully saturated rings. The predicted molar refractivity (Wildman–Crippen MR) is 87.7 cm³/mol. The number of methoxy groups -OCH3 is 2. The normalized spacial score (nSPS) is 21.2. The first-order chi connectivity index (χ1) is 10.1. The third-order valence-electron chi connectivity index (χ3n) is 4.83. The second-order valence-corrected chi connectivity index (χ2v) is 5.88. The topological polar surface area (TPSA) is 33.7 Å². The highest BCUT2D eigenvalue weighted by Gasteiger charge is 2.35. The van der Waals surface area contributed by atoms with Crippen molar-refractivity contribution >= 4 is 5.69 Å². The molecule has 1 N–H and O–H groups in total. The molecule has 1 aliphatic heterocycles. The summed E-state index contributed by atoms with van der Waals surface area (Å²) in [4.78, 5) is 2.48. The predicted octanol–water partition coefficient (Wildman–Crippen LogP) is 3.06. The lowest BCUT2D eigenvalue weighted by molar-refractivity contribution is 0.253. The van der Waals surface area contributed by atoms with Crippen molar-refractivity contribution in [2.24, 2.45) is 0 Å². The van der Waals surface area contributed by atoms with Gasteiger partial charge in [0.05, 0.1) is 14.2 Å². The van der Waals surface area contributed by atoms with Gasteiger partial charge in [0.1, 0.15) is 0 Å². The van der Waals surface area contributed by atoms with Crippen LogP contribution in [0.5, 0.6) is 11.5 Å². The summed E-state index contributed by atoms with van der Waals surface area (Å²) >= 11 is 0. The third kappa shape index (κ3) is 3.10. The van der Waals surface area contributed by atoms with Crippen molar-refractivity contribution in [2.75, 3.05) is 32.2 Å². The zero-order chi connectivity index (χ0) is 15.5. The molecule has 0 bridgehead atoms. The van der Waals surface area contributed by atoms with Gasteiger partial charge in [-0.15, -0.1) is 0 Å². The highest BCUT2D eigenvalue weighted by atomic mass is 16.5. The molecule has 0 aliphatic carbocycles. The summed E-state index contributed by atoms with van der Waals surface area (Å²) in [7, 11) is 3.36. The molecule has 0 radical (unpaired) electrons. The summed E-state index contributed by atoms with van der Waals surface area (Å²) in [5.41, 5.74) is 1.41. The first-order valence-corrected chi connectivity index (χ1v) is 7.82. The summed E-state index contributed by atoms with van der Waals surface area (Å²) in [5, 5.41) is 3.74. The Labute approximate surface area is 128 Å². The molecule has 1 heterocycles. The maximum Gasteiger partial charge on any atom is 0.162 e. The van der Waals surface area contributed by atoms with Crippen molar-refractivity contribution in [2.45, 2.75) is 45.2 Å². The fraction of sp³-hybridized carbons (Fsp3) is 0.647. The quantitative estimate of drug-likeness (QED) is 0.904. The van der Waals surface area contributed by atoms with Crippen LogP contribution in [0.15, 0.2) is 18.2 Å². The molecule has 2 rings (SSSR count). The number of rotatable bonds is 5. The molecular formula is C17H28N2O2. The van der Waals surface area contributed by atoms with Gasteiger partial charge in [-0.3, -0.25) is 0 Å². The molecule has 1 atom stereocenters. The monoisotopic (exact) mass is 292 g/mol. The summed E-state index contributed by atoms with van der Waals surface area (Å²) in [6, 6.07) is 6.66. The zero-order valence-corrected chi connectivity index (χ0v) is 13.9. The lowest BCUT2D eigenvalue weighted by Gasteiger charge is -2.47. The highest BCUT2D eigenvalue weighted by Crippen LogP contribution is 2.34. The average Bonchev–Trinajstić information content (AvgIpc) is 2.55. The number of benzene rings is 1. The van der Waals surface area contributed by atoms with E-state index in [4.69, 9.17) is 9.47 Å². The van der Waals surface area contributed by atoms with E-state index in [9.17, 15) is 0 Å². The van der Waals surface area contributed by atoms with Crippen molar-refractivity contribution in [3.63, 3.8) is 0 Å². The molecule has 4 nitrogen and oxygen atoms in total. The fourth-order valence-electron chi connectivity index (χ4n) is 3.09. The number of ether oxygens (including phenoxy) is 2. The third-order valence-corrected chi connectivity index (χ3v) is 4.83. The van der Waals surface area contributed by atoms with Crippen LogP contribution < -0.4 is 19.7 Å². The second kappa shape index (κ2) is 6.56. The van der Waals surface area contributed by atoms with Gasteiger partial charge in [-0.1, -0.05) is 13.8 Å². The van der Waals surface area contributed by atoms with Crippen LogP contribution in [-0.4, -0.2) is 38.9 Å². The minimum atomic E-state index is 0.208. The van der Waals surface area contributed by atoms with Crippen LogP contribution in [0.2, 0.25) is 0 Å². The Morgan fingerprint density at radius 3 is 2.43 bits per heavy atom. The molecule has 1 aromatic rings. The lowest BCUT2D eigenvalue weighted by Crippen LogP contribution is -2.63. The van der Waals surface area contributed by atoms with Crippen LogP contribution in [0.1, 0.15) is 33.6 Å². The maximum absolute atomic E-state index is 5.44. The summed E-state index contributed by atoms with van der Waals surface area (Å²) in [6.45, 7) is 8.82. The van der Waals surface area contributed by atoms with Crippen molar-refractivity contribution in [3.05, 3.63) is 18.2 Å². The average molecular weight is 292 g/mol. The molecule has 0 aromatic heterocycles. The number of anilines is 1. The molecule has 118 valence electrons. The second-order valence-electron chi connectivity index (χ2n) is 5.88. The number of piperazine rings is 1. The van der Waals surface area contributed by atoms with E-state index >= 15 is 0 Å².